The molecule has 3 nitrogen and oxygen atoms in total. The molecule has 0 aromatic rings. The summed E-state index contributed by atoms with van der Waals surface area (Å²) in [5.41, 5.74) is 5.26. The zero-order valence-corrected chi connectivity index (χ0v) is 7.04. The maximum atomic E-state index is 10.6. The van der Waals surface area contributed by atoms with Crippen molar-refractivity contribution in [1.82, 2.24) is 5.32 Å². The van der Waals surface area contributed by atoms with Crippen LogP contribution in [0.15, 0.2) is 0 Å². The summed E-state index contributed by atoms with van der Waals surface area (Å²) in [5.74, 6) is 1.61. The second kappa shape index (κ2) is 6.89. The van der Waals surface area contributed by atoms with Crippen LogP contribution >= 0.6 is 11.8 Å². The van der Waals surface area contributed by atoms with Crippen molar-refractivity contribution in [1.29, 1.82) is 0 Å². The Morgan fingerprint density at radius 3 is 2.90 bits per heavy atom. The predicted molar refractivity (Wildman–Crippen MR) is 45.1 cm³/mol. The van der Waals surface area contributed by atoms with Gasteiger partial charge in [0.2, 0.25) is 5.91 Å². The zero-order valence-electron chi connectivity index (χ0n) is 6.22. The Labute approximate surface area is 65.7 Å². The average Bonchev–Trinajstić information content (AvgIpc) is 1.98. The summed E-state index contributed by atoms with van der Waals surface area (Å²) in [6.45, 7) is 0.709. The molecule has 0 rings (SSSR count). The standard InChI is InChI=1S/C6H14N2OS/c1-8-6(9)5-10-4-2-3-7/h2-5,7H2,1H3,(H,8,9). The molecule has 0 aromatic carbocycles. The van der Waals surface area contributed by atoms with Gasteiger partial charge in [-0.05, 0) is 18.7 Å². The van der Waals surface area contributed by atoms with Crippen LogP contribution in [0.3, 0.4) is 0 Å². The van der Waals surface area contributed by atoms with Crippen LogP contribution < -0.4 is 11.1 Å². The van der Waals surface area contributed by atoms with E-state index in [1.165, 1.54) is 0 Å². The van der Waals surface area contributed by atoms with E-state index in [1.807, 2.05) is 0 Å². The van der Waals surface area contributed by atoms with E-state index in [4.69, 9.17) is 5.73 Å². The molecular weight excluding hydrogens is 148 g/mol. The molecule has 3 N–H and O–H groups in total. The fraction of sp³-hybridized carbons (Fsp3) is 0.833. The molecule has 0 aliphatic heterocycles. The molecule has 0 unspecified atom stereocenters. The van der Waals surface area contributed by atoms with Gasteiger partial charge in [0.05, 0.1) is 5.75 Å². The molecule has 1 amide bonds. The molecule has 60 valence electrons. The summed E-state index contributed by atoms with van der Waals surface area (Å²) in [4.78, 5) is 10.6. The van der Waals surface area contributed by atoms with Gasteiger partial charge in [0.1, 0.15) is 0 Å². The molecule has 0 heterocycles. The number of carbonyl (C=O) groups is 1. The minimum absolute atomic E-state index is 0.0852. The van der Waals surface area contributed by atoms with Gasteiger partial charge in [-0.15, -0.1) is 0 Å². The Morgan fingerprint density at radius 1 is 1.70 bits per heavy atom. The fourth-order valence-corrected chi connectivity index (χ4v) is 1.27. The molecule has 0 aliphatic rings. The number of hydrogen-bond donors (Lipinski definition) is 2. The first-order valence-corrected chi connectivity index (χ1v) is 4.45. The van der Waals surface area contributed by atoms with Crippen molar-refractivity contribution in [2.45, 2.75) is 6.42 Å². The number of carbonyl (C=O) groups excluding carboxylic acids is 1. The zero-order chi connectivity index (χ0) is 7.82. The van der Waals surface area contributed by atoms with Crippen molar-refractivity contribution < 1.29 is 4.79 Å². The minimum atomic E-state index is 0.0852. The summed E-state index contributed by atoms with van der Waals surface area (Å²) in [6, 6.07) is 0. The van der Waals surface area contributed by atoms with Gasteiger partial charge < -0.3 is 11.1 Å². The average molecular weight is 162 g/mol. The van der Waals surface area contributed by atoms with Crippen molar-refractivity contribution >= 4 is 17.7 Å². The van der Waals surface area contributed by atoms with E-state index in [1.54, 1.807) is 18.8 Å². The summed E-state index contributed by atoms with van der Waals surface area (Å²) < 4.78 is 0. The van der Waals surface area contributed by atoms with Gasteiger partial charge in [-0.25, -0.2) is 0 Å². The number of rotatable bonds is 5. The molecule has 0 aliphatic carbocycles. The Balaban J connectivity index is 2.96. The highest BCUT2D eigenvalue weighted by atomic mass is 32.2. The number of nitrogens with two attached hydrogens (primary N) is 1. The second-order valence-electron chi connectivity index (χ2n) is 1.87. The van der Waals surface area contributed by atoms with E-state index in [0.29, 0.717) is 12.3 Å². The van der Waals surface area contributed by atoms with Crippen LogP contribution in [0, 0.1) is 0 Å². The van der Waals surface area contributed by atoms with Gasteiger partial charge in [0.25, 0.3) is 0 Å². The Bertz CT molecular complexity index is 97.7. The van der Waals surface area contributed by atoms with Gasteiger partial charge in [-0.2, -0.15) is 11.8 Å². The predicted octanol–water partition coefficient (Wildman–Crippen LogP) is -0.186. The van der Waals surface area contributed by atoms with Crippen molar-refractivity contribution in [3.8, 4) is 0 Å². The van der Waals surface area contributed by atoms with Crippen LogP contribution in [0.4, 0.5) is 0 Å². The highest BCUT2D eigenvalue weighted by Gasteiger charge is 1.95. The fourth-order valence-electron chi connectivity index (χ4n) is 0.422. The third-order valence-corrected chi connectivity index (χ3v) is 2.05. The van der Waals surface area contributed by atoms with E-state index in [-0.39, 0.29) is 5.91 Å². The maximum Gasteiger partial charge on any atom is 0.229 e. The topological polar surface area (TPSA) is 55.1 Å². The van der Waals surface area contributed by atoms with Crippen molar-refractivity contribution in [3.63, 3.8) is 0 Å². The number of amides is 1. The van der Waals surface area contributed by atoms with E-state index in [9.17, 15) is 4.79 Å². The molecule has 0 bridgehead atoms. The maximum absolute atomic E-state index is 10.6. The third-order valence-electron chi connectivity index (χ3n) is 1.00. The van der Waals surface area contributed by atoms with Gasteiger partial charge in [0, 0.05) is 7.05 Å². The molecule has 10 heavy (non-hydrogen) atoms. The lowest BCUT2D eigenvalue weighted by molar-refractivity contribution is -0.118. The normalized spacial score (nSPS) is 9.40. The number of thioether (sulfide) groups is 1. The van der Waals surface area contributed by atoms with Gasteiger partial charge in [-0.1, -0.05) is 0 Å². The number of nitrogens with one attached hydrogen (secondary N) is 1. The lowest BCUT2D eigenvalue weighted by Gasteiger charge is -1.97. The van der Waals surface area contributed by atoms with Crippen LogP contribution in [0.1, 0.15) is 6.42 Å². The minimum Gasteiger partial charge on any atom is -0.358 e. The molecular formula is C6H14N2OS. The Kier molecular flexibility index (Phi) is 6.74. The Hall–Kier alpha value is -0.220. The largest absolute Gasteiger partial charge is 0.358 e. The van der Waals surface area contributed by atoms with Gasteiger partial charge in [-0.3, -0.25) is 4.79 Å². The van der Waals surface area contributed by atoms with E-state index in [0.717, 1.165) is 12.2 Å². The van der Waals surface area contributed by atoms with Crippen LogP contribution in [0.2, 0.25) is 0 Å². The highest BCUT2D eigenvalue weighted by molar-refractivity contribution is 7.99. The smallest absolute Gasteiger partial charge is 0.229 e. The van der Waals surface area contributed by atoms with Crippen LogP contribution in [0.5, 0.6) is 0 Å². The van der Waals surface area contributed by atoms with Crippen LogP contribution in [-0.2, 0) is 4.79 Å². The van der Waals surface area contributed by atoms with Crippen molar-refractivity contribution in [3.05, 3.63) is 0 Å². The van der Waals surface area contributed by atoms with Crippen LogP contribution in [-0.4, -0.2) is 31.0 Å². The molecule has 4 heteroatoms. The molecule has 0 saturated heterocycles. The monoisotopic (exact) mass is 162 g/mol. The SMILES string of the molecule is CNC(=O)CSCCCN. The number of hydrogen-bond acceptors (Lipinski definition) is 3. The molecule has 0 spiro atoms. The third kappa shape index (κ3) is 5.91. The first-order valence-electron chi connectivity index (χ1n) is 3.29. The van der Waals surface area contributed by atoms with Gasteiger partial charge in [0.15, 0.2) is 0 Å². The molecule has 0 atom stereocenters. The lowest BCUT2D eigenvalue weighted by Crippen LogP contribution is -2.20. The highest BCUT2D eigenvalue weighted by Crippen LogP contribution is 1.99. The van der Waals surface area contributed by atoms with Crippen molar-refractivity contribution in [2.24, 2.45) is 5.73 Å². The quantitative estimate of drug-likeness (QED) is 0.551. The molecule has 0 aromatic heterocycles. The summed E-state index contributed by atoms with van der Waals surface area (Å²) in [6.07, 6.45) is 0.988. The van der Waals surface area contributed by atoms with E-state index < -0.39 is 0 Å². The second-order valence-corrected chi connectivity index (χ2v) is 2.97. The summed E-state index contributed by atoms with van der Waals surface area (Å²) in [5, 5.41) is 2.55. The molecule has 0 radical (unpaired) electrons. The summed E-state index contributed by atoms with van der Waals surface area (Å²) >= 11 is 1.62. The van der Waals surface area contributed by atoms with E-state index in [2.05, 4.69) is 5.32 Å². The van der Waals surface area contributed by atoms with Crippen molar-refractivity contribution in [2.75, 3.05) is 25.1 Å². The Morgan fingerprint density at radius 2 is 2.40 bits per heavy atom. The lowest BCUT2D eigenvalue weighted by atomic mass is 10.5. The van der Waals surface area contributed by atoms with Crippen LogP contribution in [0.25, 0.3) is 0 Å². The first kappa shape index (κ1) is 9.78. The molecule has 0 fully saturated rings. The first-order chi connectivity index (χ1) is 4.81. The van der Waals surface area contributed by atoms with Gasteiger partial charge >= 0.3 is 0 Å². The molecule has 0 saturated carbocycles. The summed E-state index contributed by atoms with van der Waals surface area (Å²) in [7, 11) is 1.64. The van der Waals surface area contributed by atoms with E-state index >= 15 is 0 Å².